The van der Waals surface area contributed by atoms with Crippen molar-refractivity contribution in [2.75, 3.05) is 0 Å². The highest BCUT2D eigenvalue weighted by Gasteiger charge is 2.31. The molecular formula is C12H8F3NOS. The summed E-state index contributed by atoms with van der Waals surface area (Å²) in [4.78, 5) is 11.4. The molecule has 0 saturated heterocycles. The van der Waals surface area contributed by atoms with Crippen molar-refractivity contribution in [1.82, 2.24) is 0 Å². The van der Waals surface area contributed by atoms with Crippen LogP contribution in [0.1, 0.15) is 20.8 Å². The number of hydrogen-bond acceptors (Lipinski definition) is 2. The maximum Gasteiger partial charge on any atom is 0.416 e. The molecule has 2 N–H and O–H groups in total. The van der Waals surface area contributed by atoms with Crippen LogP contribution in [-0.2, 0) is 6.18 Å². The monoisotopic (exact) mass is 271 g/mol. The maximum atomic E-state index is 12.6. The van der Waals surface area contributed by atoms with Crippen LogP contribution < -0.4 is 5.73 Å². The minimum atomic E-state index is -4.42. The molecule has 2 nitrogen and oxygen atoms in total. The van der Waals surface area contributed by atoms with E-state index in [2.05, 4.69) is 6.58 Å². The van der Waals surface area contributed by atoms with Crippen LogP contribution in [0.2, 0.25) is 0 Å². The van der Waals surface area contributed by atoms with Crippen LogP contribution in [0.3, 0.4) is 0 Å². The van der Waals surface area contributed by atoms with Crippen LogP contribution in [0.5, 0.6) is 0 Å². The first-order chi connectivity index (χ1) is 8.34. The molecule has 2 aromatic rings. The van der Waals surface area contributed by atoms with Crippen molar-refractivity contribution in [2.24, 2.45) is 5.73 Å². The van der Waals surface area contributed by atoms with Gasteiger partial charge in [-0.15, -0.1) is 11.3 Å². The normalized spacial score (nSPS) is 11.7. The molecule has 0 radical (unpaired) electrons. The molecular weight excluding hydrogens is 263 g/mol. The number of primary amides is 1. The summed E-state index contributed by atoms with van der Waals surface area (Å²) in [5, 5.41) is 0.346. The van der Waals surface area contributed by atoms with Gasteiger partial charge < -0.3 is 5.73 Å². The minimum Gasteiger partial charge on any atom is -0.365 e. The second-order valence-corrected chi connectivity index (χ2v) is 4.67. The number of halogens is 3. The highest BCUT2D eigenvalue weighted by atomic mass is 32.1. The average molecular weight is 271 g/mol. The Morgan fingerprint density at radius 2 is 2.06 bits per heavy atom. The Morgan fingerprint density at radius 1 is 1.39 bits per heavy atom. The molecule has 2 rings (SSSR count). The zero-order valence-electron chi connectivity index (χ0n) is 9.04. The summed E-state index contributed by atoms with van der Waals surface area (Å²) < 4.78 is 38.4. The number of nitrogens with two attached hydrogens (primary N) is 1. The van der Waals surface area contributed by atoms with E-state index in [1.54, 1.807) is 0 Å². The smallest absolute Gasteiger partial charge is 0.365 e. The Hall–Kier alpha value is -1.82. The van der Waals surface area contributed by atoms with Gasteiger partial charge in [0.05, 0.1) is 5.56 Å². The summed E-state index contributed by atoms with van der Waals surface area (Å²) in [5.74, 6) is -0.667. The predicted octanol–water partition coefficient (Wildman–Crippen LogP) is 3.66. The van der Waals surface area contributed by atoms with E-state index < -0.39 is 17.6 Å². The zero-order valence-corrected chi connectivity index (χ0v) is 9.86. The van der Waals surface area contributed by atoms with E-state index in [1.165, 1.54) is 12.1 Å². The summed E-state index contributed by atoms with van der Waals surface area (Å²) >= 11 is 1.06. The van der Waals surface area contributed by atoms with Gasteiger partial charge in [0.1, 0.15) is 4.88 Å². The van der Waals surface area contributed by atoms with E-state index in [-0.39, 0.29) is 4.88 Å². The lowest BCUT2D eigenvalue weighted by molar-refractivity contribution is -0.137. The van der Waals surface area contributed by atoms with Crippen molar-refractivity contribution in [3.8, 4) is 0 Å². The van der Waals surface area contributed by atoms with Gasteiger partial charge in [-0.25, -0.2) is 0 Å². The Kier molecular flexibility index (Phi) is 2.90. The fraction of sp³-hybridized carbons (Fsp3) is 0.0833. The minimum absolute atomic E-state index is 0.222. The number of amides is 1. The van der Waals surface area contributed by atoms with E-state index in [9.17, 15) is 18.0 Å². The van der Waals surface area contributed by atoms with E-state index >= 15 is 0 Å². The standard InChI is InChI=1S/C12H8F3NOS/c1-2-7-8-5-6(12(13,14)15)3-4-9(8)18-10(7)11(16)17/h2-5H,1H2,(H2,16,17). The average Bonchev–Trinajstić information content (AvgIpc) is 2.65. The Morgan fingerprint density at radius 3 is 2.56 bits per heavy atom. The summed E-state index contributed by atoms with van der Waals surface area (Å²) in [6.07, 6.45) is -3.07. The molecule has 1 amide bonds. The molecule has 0 fully saturated rings. The topological polar surface area (TPSA) is 43.1 Å². The van der Waals surface area contributed by atoms with Crippen LogP contribution in [0.4, 0.5) is 13.2 Å². The fourth-order valence-electron chi connectivity index (χ4n) is 1.68. The molecule has 1 aromatic carbocycles. The lowest BCUT2D eigenvalue weighted by Gasteiger charge is -2.06. The Labute approximate surface area is 105 Å². The van der Waals surface area contributed by atoms with Crippen LogP contribution in [0.25, 0.3) is 16.2 Å². The van der Waals surface area contributed by atoms with Crippen molar-refractivity contribution in [1.29, 1.82) is 0 Å². The third kappa shape index (κ3) is 1.99. The van der Waals surface area contributed by atoms with Gasteiger partial charge in [0, 0.05) is 15.6 Å². The molecule has 0 aliphatic carbocycles. The maximum absolute atomic E-state index is 12.6. The second-order valence-electron chi connectivity index (χ2n) is 3.62. The fourth-order valence-corrected chi connectivity index (χ4v) is 2.72. The number of carbonyl (C=O) groups excluding carboxylic acids is 1. The van der Waals surface area contributed by atoms with Crippen molar-refractivity contribution in [3.05, 3.63) is 40.8 Å². The quantitative estimate of drug-likeness (QED) is 0.889. The molecule has 94 valence electrons. The molecule has 0 aliphatic rings. The van der Waals surface area contributed by atoms with Crippen molar-refractivity contribution in [3.63, 3.8) is 0 Å². The summed E-state index contributed by atoms with van der Waals surface area (Å²) in [6, 6.07) is 3.33. The van der Waals surface area contributed by atoms with Crippen molar-refractivity contribution in [2.45, 2.75) is 6.18 Å². The molecule has 0 atom stereocenters. The molecule has 1 aromatic heterocycles. The SMILES string of the molecule is C=Cc1c(C(N)=O)sc2ccc(C(F)(F)F)cc12. The molecule has 0 bridgehead atoms. The second kappa shape index (κ2) is 4.13. The molecule has 18 heavy (non-hydrogen) atoms. The third-order valence-corrected chi connectivity index (χ3v) is 3.68. The van der Waals surface area contributed by atoms with Crippen LogP contribution in [-0.4, -0.2) is 5.91 Å². The van der Waals surface area contributed by atoms with Crippen LogP contribution in [0.15, 0.2) is 24.8 Å². The van der Waals surface area contributed by atoms with E-state index in [0.29, 0.717) is 15.6 Å². The lowest BCUT2D eigenvalue weighted by Crippen LogP contribution is -2.09. The van der Waals surface area contributed by atoms with Gasteiger partial charge in [0.25, 0.3) is 5.91 Å². The van der Waals surface area contributed by atoms with Gasteiger partial charge in [-0.2, -0.15) is 13.2 Å². The summed E-state index contributed by atoms with van der Waals surface area (Å²) in [6.45, 7) is 3.51. The number of rotatable bonds is 2. The van der Waals surface area contributed by atoms with Gasteiger partial charge in [0.15, 0.2) is 0 Å². The Balaban J connectivity index is 2.76. The van der Waals surface area contributed by atoms with Crippen molar-refractivity contribution < 1.29 is 18.0 Å². The number of benzene rings is 1. The molecule has 0 unspecified atom stereocenters. The van der Waals surface area contributed by atoms with Gasteiger partial charge in [-0.05, 0) is 18.2 Å². The molecule has 1 heterocycles. The van der Waals surface area contributed by atoms with E-state index in [1.807, 2.05) is 0 Å². The first-order valence-corrected chi connectivity index (χ1v) is 5.72. The number of hydrogen-bond donors (Lipinski definition) is 1. The lowest BCUT2D eigenvalue weighted by atomic mass is 10.1. The molecule has 0 saturated carbocycles. The first-order valence-electron chi connectivity index (χ1n) is 4.90. The van der Waals surface area contributed by atoms with Gasteiger partial charge in [-0.3, -0.25) is 4.79 Å². The molecule has 0 aliphatic heterocycles. The number of fused-ring (bicyclic) bond motifs is 1. The summed E-state index contributed by atoms with van der Waals surface area (Å²) in [5.41, 5.74) is 4.78. The van der Waals surface area contributed by atoms with Gasteiger partial charge >= 0.3 is 6.18 Å². The van der Waals surface area contributed by atoms with Gasteiger partial charge in [0.2, 0.25) is 0 Å². The number of alkyl halides is 3. The zero-order chi connectivity index (χ0) is 13.5. The highest BCUT2D eigenvalue weighted by Crippen LogP contribution is 2.37. The third-order valence-electron chi connectivity index (χ3n) is 2.48. The van der Waals surface area contributed by atoms with Crippen molar-refractivity contribution >= 4 is 33.4 Å². The predicted molar refractivity (Wildman–Crippen MR) is 65.4 cm³/mol. The first kappa shape index (κ1) is 12.6. The van der Waals surface area contributed by atoms with Gasteiger partial charge in [-0.1, -0.05) is 12.7 Å². The van der Waals surface area contributed by atoms with Crippen LogP contribution >= 0.6 is 11.3 Å². The van der Waals surface area contributed by atoms with E-state index in [0.717, 1.165) is 23.5 Å². The highest BCUT2D eigenvalue weighted by molar-refractivity contribution is 7.21. The number of thiophene rings is 1. The summed E-state index contributed by atoms with van der Waals surface area (Å²) in [7, 11) is 0. The van der Waals surface area contributed by atoms with E-state index in [4.69, 9.17) is 5.73 Å². The van der Waals surface area contributed by atoms with Crippen LogP contribution in [0, 0.1) is 0 Å². The Bertz CT molecular complexity index is 643. The largest absolute Gasteiger partial charge is 0.416 e. The molecule has 6 heteroatoms. The number of carbonyl (C=O) groups is 1. The molecule has 0 spiro atoms.